The van der Waals surface area contributed by atoms with Crippen LogP contribution in [0.3, 0.4) is 0 Å². The Bertz CT molecular complexity index is 1170. The van der Waals surface area contributed by atoms with Crippen LogP contribution in [0.15, 0.2) is 59.6 Å². The first-order valence-electron chi connectivity index (χ1n) is 9.55. The van der Waals surface area contributed by atoms with E-state index in [2.05, 4.69) is 37.4 Å². The number of anilines is 1. The number of β-amino-alcohol motifs (C(OH)–C–C–N with tert-alkyl or cyclic N) is 1. The zero-order chi connectivity index (χ0) is 21.3. The van der Waals surface area contributed by atoms with Gasteiger partial charge in [-0.3, -0.25) is 14.5 Å². The van der Waals surface area contributed by atoms with E-state index >= 15 is 0 Å². The molecule has 2 heterocycles. The van der Waals surface area contributed by atoms with E-state index in [9.17, 15) is 9.59 Å². The monoisotopic (exact) mass is 419 g/mol. The molecule has 0 radical (unpaired) electrons. The van der Waals surface area contributed by atoms with Gasteiger partial charge in [-0.05, 0) is 43.2 Å². The largest absolute Gasteiger partial charge is 0.395 e. The summed E-state index contributed by atoms with van der Waals surface area (Å²) in [6.45, 7) is 3.90. The lowest BCUT2D eigenvalue weighted by atomic mass is 10.1. The first kappa shape index (κ1) is 20.0. The van der Waals surface area contributed by atoms with Crippen molar-refractivity contribution in [1.29, 1.82) is 0 Å². The SMILES string of the molecule is Cc1ccc(-c2csc(-c3cccc(NC4=CC(=O)N(CCO)C4=O)c3)n2)cc1C. The van der Waals surface area contributed by atoms with Gasteiger partial charge in [0.15, 0.2) is 0 Å². The molecule has 2 amide bonds. The van der Waals surface area contributed by atoms with Crippen LogP contribution in [0.5, 0.6) is 0 Å². The minimum atomic E-state index is -0.439. The summed E-state index contributed by atoms with van der Waals surface area (Å²) in [6, 6.07) is 13.9. The highest BCUT2D eigenvalue weighted by Gasteiger charge is 2.30. The quantitative estimate of drug-likeness (QED) is 0.595. The van der Waals surface area contributed by atoms with Gasteiger partial charge in [-0.1, -0.05) is 24.3 Å². The number of thiazole rings is 1. The highest BCUT2D eigenvalue weighted by atomic mass is 32.1. The Labute approximate surface area is 178 Å². The average molecular weight is 420 g/mol. The third-order valence-electron chi connectivity index (χ3n) is 5.03. The number of benzene rings is 2. The Morgan fingerprint density at radius 2 is 1.90 bits per heavy atom. The van der Waals surface area contributed by atoms with Gasteiger partial charge in [-0.15, -0.1) is 11.3 Å². The van der Waals surface area contributed by atoms with Crippen molar-refractivity contribution in [2.75, 3.05) is 18.5 Å². The number of imide groups is 1. The summed E-state index contributed by atoms with van der Waals surface area (Å²) in [6.07, 6.45) is 1.26. The molecule has 0 saturated heterocycles. The molecular weight excluding hydrogens is 398 g/mol. The molecule has 30 heavy (non-hydrogen) atoms. The molecule has 1 aliphatic heterocycles. The molecule has 0 atom stereocenters. The van der Waals surface area contributed by atoms with Gasteiger partial charge >= 0.3 is 0 Å². The Morgan fingerprint density at radius 1 is 1.07 bits per heavy atom. The van der Waals surface area contributed by atoms with E-state index in [-0.39, 0.29) is 18.8 Å². The van der Waals surface area contributed by atoms with Crippen LogP contribution in [0.25, 0.3) is 21.8 Å². The topological polar surface area (TPSA) is 82.5 Å². The second-order valence-electron chi connectivity index (χ2n) is 7.12. The summed E-state index contributed by atoms with van der Waals surface area (Å²) >= 11 is 1.56. The minimum Gasteiger partial charge on any atom is -0.395 e. The lowest BCUT2D eigenvalue weighted by Crippen LogP contribution is -2.34. The fourth-order valence-electron chi connectivity index (χ4n) is 3.24. The average Bonchev–Trinajstić information content (AvgIpc) is 3.32. The van der Waals surface area contributed by atoms with Gasteiger partial charge in [-0.2, -0.15) is 0 Å². The van der Waals surface area contributed by atoms with Gasteiger partial charge in [-0.25, -0.2) is 4.98 Å². The van der Waals surface area contributed by atoms with Crippen LogP contribution in [0.1, 0.15) is 11.1 Å². The molecule has 6 nitrogen and oxygen atoms in total. The maximum absolute atomic E-state index is 12.3. The van der Waals surface area contributed by atoms with E-state index in [4.69, 9.17) is 10.1 Å². The zero-order valence-corrected chi connectivity index (χ0v) is 17.5. The smallest absolute Gasteiger partial charge is 0.277 e. The van der Waals surface area contributed by atoms with E-state index in [1.54, 1.807) is 11.3 Å². The number of nitrogens with one attached hydrogen (secondary N) is 1. The van der Waals surface area contributed by atoms with E-state index < -0.39 is 11.8 Å². The Hall–Kier alpha value is -3.29. The third-order valence-corrected chi connectivity index (χ3v) is 5.92. The van der Waals surface area contributed by atoms with E-state index in [1.165, 1.54) is 17.2 Å². The third kappa shape index (κ3) is 3.90. The Kier molecular flexibility index (Phi) is 5.48. The van der Waals surface area contributed by atoms with E-state index in [0.29, 0.717) is 5.69 Å². The van der Waals surface area contributed by atoms with Crippen LogP contribution in [-0.2, 0) is 9.59 Å². The number of rotatable bonds is 6. The molecule has 2 N–H and O–H groups in total. The molecule has 152 valence electrons. The summed E-state index contributed by atoms with van der Waals surface area (Å²) in [4.78, 5) is 30.0. The molecule has 0 aliphatic carbocycles. The fraction of sp³-hybridized carbons (Fsp3) is 0.174. The number of carbonyl (C=O) groups excluding carboxylic acids is 2. The molecule has 0 saturated carbocycles. The number of aryl methyl sites for hydroxylation is 2. The van der Waals surface area contributed by atoms with Crippen molar-refractivity contribution in [2.24, 2.45) is 0 Å². The molecule has 4 rings (SSSR count). The normalized spacial score (nSPS) is 13.7. The number of aromatic nitrogens is 1. The molecule has 7 heteroatoms. The molecule has 0 bridgehead atoms. The maximum atomic E-state index is 12.3. The van der Waals surface area contributed by atoms with Crippen LogP contribution < -0.4 is 5.32 Å². The van der Waals surface area contributed by atoms with Crippen LogP contribution in [-0.4, -0.2) is 40.0 Å². The number of amides is 2. The molecule has 2 aromatic carbocycles. The fourth-order valence-corrected chi connectivity index (χ4v) is 4.06. The minimum absolute atomic E-state index is 0.0141. The summed E-state index contributed by atoms with van der Waals surface area (Å²) in [7, 11) is 0. The first-order chi connectivity index (χ1) is 14.5. The number of aliphatic hydroxyl groups excluding tert-OH is 1. The van der Waals surface area contributed by atoms with Crippen molar-refractivity contribution in [3.8, 4) is 21.8 Å². The van der Waals surface area contributed by atoms with Gasteiger partial charge in [0.1, 0.15) is 10.7 Å². The lowest BCUT2D eigenvalue weighted by molar-refractivity contribution is -0.137. The van der Waals surface area contributed by atoms with Crippen molar-refractivity contribution in [3.63, 3.8) is 0 Å². The summed E-state index contributed by atoms with van der Waals surface area (Å²) in [5.41, 5.74) is 6.29. The highest BCUT2D eigenvalue weighted by molar-refractivity contribution is 7.13. The predicted molar refractivity (Wildman–Crippen MR) is 118 cm³/mol. The molecule has 1 aromatic heterocycles. The van der Waals surface area contributed by atoms with Crippen molar-refractivity contribution in [2.45, 2.75) is 13.8 Å². The van der Waals surface area contributed by atoms with Gasteiger partial charge in [0.25, 0.3) is 11.8 Å². The summed E-state index contributed by atoms with van der Waals surface area (Å²) < 4.78 is 0. The molecule has 3 aromatic rings. The predicted octanol–water partition coefficient (Wildman–Crippen LogP) is 3.75. The van der Waals surface area contributed by atoms with Gasteiger partial charge in [0.2, 0.25) is 0 Å². The van der Waals surface area contributed by atoms with Gasteiger partial charge in [0, 0.05) is 28.3 Å². The highest BCUT2D eigenvalue weighted by Crippen LogP contribution is 2.31. The summed E-state index contributed by atoms with van der Waals surface area (Å²) in [5.74, 6) is -0.864. The lowest BCUT2D eigenvalue weighted by Gasteiger charge is -2.13. The first-order valence-corrected chi connectivity index (χ1v) is 10.4. The number of carbonyl (C=O) groups is 2. The standard InChI is InChI=1S/C23H21N3O3S/c1-14-6-7-16(10-15(14)2)20-13-30-22(25-20)17-4-3-5-18(11-17)24-19-12-21(28)26(8-9-27)23(19)29/h3-7,10-13,24,27H,8-9H2,1-2H3. The van der Waals surface area contributed by atoms with Crippen molar-refractivity contribution >= 4 is 28.8 Å². The van der Waals surface area contributed by atoms with Gasteiger partial charge < -0.3 is 10.4 Å². The van der Waals surface area contributed by atoms with Crippen LogP contribution in [0, 0.1) is 13.8 Å². The van der Waals surface area contributed by atoms with Crippen molar-refractivity contribution < 1.29 is 14.7 Å². The second kappa shape index (κ2) is 8.22. The molecule has 1 aliphatic rings. The zero-order valence-electron chi connectivity index (χ0n) is 16.7. The number of aliphatic hydroxyl groups is 1. The molecular formula is C23H21N3O3S. The van der Waals surface area contributed by atoms with Crippen LogP contribution in [0.2, 0.25) is 0 Å². The van der Waals surface area contributed by atoms with E-state index in [0.717, 1.165) is 26.7 Å². The maximum Gasteiger partial charge on any atom is 0.277 e. The van der Waals surface area contributed by atoms with Crippen LogP contribution >= 0.6 is 11.3 Å². The Balaban J connectivity index is 1.55. The van der Waals surface area contributed by atoms with Crippen molar-refractivity contribution in [1.82, 2.24) is 9.88 Å². The summed E-state index contributed by atoms with van der Waals surface area (Å²) in [5, 5.41) is 14.9. The van der Waals surface area contributed by atoms with E-state index in [1.807, 2.05) is 29.6 Å². The molecule has 0 fully saturated rings. The van der Waals surface area contributed by atoms with Gasteiger partial charge in [0.05, 0.1) is 18.8 Å². The Morgan fingerprint density at radius 3 is 2.67 bits per heavy atom. The van der Waals surface area contributed by atoms with Crippen LogP contribution in [0.4, 0.5) is 5.69 Å². The number of hydrogen-bond donors (Lipinski definition) is 2. The molecule has 0 spiro atoms. The van der Waals surface area contributed by atoms with Crippen molar-refractivity contribution in [3.05, 3.63) is 70.7 Å². The number of nitrogens with zero attached hydrogens (tertiary/aromatic N) is 2. The number of hydrogen-bond acceptors (Lipinski definition) is 6. The molecule has 0 unspecified atom stereocenters. The second-order valence-corrected chi connectivity index (χ2v) is 7.98.